The second-order valence-electron chi connectivity index (χ2n) is 4.52. The molecule has 1 aliphatic rings. The summed E-state index contributed by atoms with van der Waals surface area (Å²) in [5, 5.41) is 16.4. The molecule has 2 N–H and O–H groups in total. The number of benzene rings is 1. The van der Waals surface area contributed by atoms with Crippen LogP contribution in [0.1, 0.15) is 43.2 Å². The molecule has 0 unspecified atom stereocenters. The van der Waals surface area contributed by atoms with Crippen LogP contribution in [0.25, 0.3) is 0 Å². The van der Waals surface area contributed by atoms with Crippen LogP contribution >= 0.6 is 0 Å². The highest BCUT2D eigenvalue weighted by Gasteiger charge is 2.22. The molecule has 0 atom stereocenters. The van der Waals surface area contributed by atoms with Crippen LogP contribution in [-0.2, 0) is 11.3 Å². The number of hydrogen-bond acceptors (Lipinski definition) is 3. The molecule has 2 rings (SSSR count). The second kappa shape index (κ2) is 9.09. The quantitative estimate of drug-likeness (QED) is 0.765. The fourth-order valence-corrected chi connectivity index (χ4v) is 1.56. The maximum Gasteiger partial charge on any atom is 0.0718 e. The minimum atomic E-state index is 0.0974. The van der Waals surface area contributed by atoms with Gasteiger partial charge >= 0.3 is 0 Å². The Hall–Kier alpha value is -0.900. The molecular weight excluding hydrogens is 228 g/mol. The van der Waals surface area contributed by atoms with E-state index in [0.717, 1.165) is 12.3 Å². The summed E-state index contributed by atoms with van der Waals surface area (Å²) >= 11 is 0. The molecule has 18 heavy (non-hydrogen) atoms. The lowest BCUT2D eigenvalue weighted by Crippen LogP contribution is -1.99. The highest BCUT2D eigenvalue weighted by molar-refractivity contribution is 5.27. The number of hydrogen-bond donors (Lipinski definition) is 2. The average molecular weight is 252 g/mol. The Kier molecular flexibility index (Phi) is 7.65. The summed E-state index contributed by atoms with van der Waals surface area (Å²) in [6.45, 7) is 3.37. The van der Waals surface area contributed by atoms with E-state index in [1.54, 1.807) is 0 Å². The standard InChI is InChI=1S/C12H16O2.C3H8O/c13-7-8-14-9-10-1-3-11(4-2-10)12-5-6-12;1-2-3-4/h1-4,12-13H,5-9H2;4H,2-3H2,1H3. The van der Waals surface area contributed by atoms with Crippen molar-refractivity contribution in [1.29, 1.82) is 0 Å². The molecule has 3 nitrogen and oxygen atoms in total. The van der Waals surface area contributed by atoms with Crippen LogP contribution in [0.4, 0.5) is 0 Å². The van der Waals surface area contributed by atoms with Crippen LogP contribution in [0.5, 0.6) is 0 Å². The van der Waals surface area contributed by atoms with E-state index in [9.17, 15) is 0 Å². The van der Waals surface area contributed by atoms with Crippen LogP contribution < -0.4 is 0 Å². The van der Waals surface area contributed by atoms with E-state index in [1.165, 1.54) is 24.0 Å². The average Bonchev–Trinajstić information content (AvgIpc) is 3.25. The Morgan fingerprint density at radius 1 is 1.11 bits per heavy atom. The first kappa shape index (κ1) is 15.2. The fourth-order valence-electron chi connectivity index (χ4n) is 1.56. The summed E-state index contributed by atoms with van der Waals surface area (Å²) in [6.07, 6.45) is 3.57. The topological polar surface area (TPSA) is 49.7 Å². The molecule has 1 fully saturated rings. The van der Waals surface area contributed by atoms with Gasteiger partial charge in [0, 0.05) is 6.61 Å². The monoisotopic (exact) mass is 252 g/mol. The molecule has 0 radical (unpaired) electrons. The van der Waals surface area contributed by atoms with Crippen LogP contribution in [-0.4, -0.2) is 30.0 Å². The molecule has 0 saturated heterocycles. The largest absolute Gasteiger partial charge is 0.396 e. The molecule has 0 aliphatic heterocycles. The number of aliphatic hydroxyl groups is 2. The zero-order valence-electron chi connectivity index (χ0n) is 11.1. The molecule has 102 valence electrons. The van der Waals surface area contributed by atoms with Crippen molar-refractivity contribution in [3.05, 3.63) is 35.4 Å². The summed E-state index contributed by atoms with van der Waals surface area (Å²) in [6, 6.07) is 8.61. The van der Waals surface area contributed by atoms with Gasteiger partial charge in [0.2, 0.25) is 0 Å². The molecule has 1 aromatic rings. The molecule has 3 heteroatoms. The van der Waals surface area contributed by atoms with Crippen molar-refractivity contribution in [2.75, 3.05) is 19.8 Å². The lowest BCUT2D eigenvalue weighted by Gasteiger charge is -2.03. The summed E-state index contributed by atoms with van der Waals surface area (Å²) in [7, 11) is 0. The van der Waals surface area contributed by atoms with Gasteiger partial charge in [0.05, 0.1) is 19.8 Å². The molecule has 0 aromatic heterocycles. The maximum atomic E-state index is 8.54. The van der Waals surface area contributed by atoms with Gasteiger partial charge in [0.15, 0.2) is 0 Å². The van der Waals surface area contributed by atoms with Crippen molar-refractivity contribution in [2.45, 2.75) is 38.7 Å². The van der Waals surface area contributed by atoms with Gasteiger partial charge < -0.3 is 14.9 Å². The van der Waals surface area contributed by atoms with Gasteiger partial charge in [-0.2, -0.15) is 0 Å². The van der Waals surface area contributed by atoms with Gasteiger partial charge in [-0.05, 0) is 36.3 Å². The van der Waals surface area contributed by atoms with Gasteiger partial charge in [-0.1, -0.05) is 31.2 Å². The van der Waals surface area contributed by atoms with Gasteiger partial charge in [-0.15, -0.1) is 0 Å². The Balaban J connectivity index is 0.000000357. The van der Waals surface area contributed by atoms with E-state index in [-0.39, 0.29) is 6.61 Å². The van der Waals surface area contributed by atoms with Gasteiger partial charge in [-0.25, -0.2) is 0 Å². The molecule has 1 aliphatic carbocycles. The third-order valence-corrected chi connectivity index (χ3v) is 2.76. The summed E-state index contributed by atoms with van der Waals surface area (Å²) in [5.74, 6) is 0.822. The lowest BCUT2D eigenvalue weighted by molar-refractivity contribution is 0.0815. The third kappa shape index (κ3) is 6.15. The first-order chi connectivity index (χ1) is 8.81. The molecule has 0 heterocycles. The summed E-state index contributed by atoms with van der Waals surface area (Å²) < 4.78 is 5.23. The number of ether oxygens (including phenoxy) is 1. The van der Waals surface area contributed by atoms with E-state index in [1.807, 2.05) is 6.92 Å². The minimum absolute atomic E-state index is 0.0974. The van der Waals surface area contributed by atoms with Crippen LogP contribution in [0, 0.1) is 0 Å². The highest BCUT2D eigenvalue weighted by atomic mass is 16.5. The summed E-state index contributed by atoms with van der Waals surface area (Å²) in [5.41, 5.74) is 2.64. The predicted octanol–water partition coefficient (Wildman–Crippen LogP) is 2.46. The Morgan fingerprint density at radius 3 is 2.17 bits per heavy atom. The van der Waals surface area contributed by atoms with Crippen molar-refractivity contribution in [2.24, 2.45) is 0 Å². The van der Waals surface area contributed by atoms with E-state index < -0.39 is 0 Å². The second-order valence-corrected chi connectivity index (χ2v) is 4.52. The van der Waals surface area contributed by atoms with Crippen molar-refractivity contribution in [3.8, 4) is 0 Å². The van der Waals surface area contributed by atoms with Crippen molar-refractivity contribution in [1.82, 2.24) is 0 Å². The van der Waals surface area contributed by atoms with Gasteiger partial charge in [0.1, 0.15) is 0 Å². The first-order valence-corrected chi connectivity index (χ1v) is 6.70. The predicted molar refractivity (Wildman–Crippen MR) is 72.5 cm³/mol. The molecule has 0 spiro atoms. The highest BCUT2D eigenvalue weighted by Crippen LogP contribution is 2.39. The Labute approximate surface area is 109 Å². The Morgan fingerprint density at radius 2 is 1.72 bits per heavy atom. The van der Waals surface area contributed by atoms with Gasteiger partial charge in [-0.3, -0.25) is 0 Å². The number of aliphatic hydroxyl groups excluding tert-OH is 2. The molecule has 0 bridgehead atoms. The molecular formula is C15H24O3. The SMILES string of the molecule is CCCO.OCCOCc1ccc(C2CC2)cc1. The summed E-state index contributed by atoms with van der Waals surface area (Å²) in [4.78, 5) is 0. The zero-order valence-corrected chi connectivity index (χ0v) is 11.1. The van der Waals surface area contributed by atoms with Crippen molar-refractivity contribution in [3.63, 3.8) is 0 Å². The van der Waals surface area contributed by atoms with Crippen molar-refractivity contribution < 1.29 is 14.9 Å². The minimum Gasteiger partial charge on any atom is -0.396 e. The lowest BCUT2D eigenvalue weighted by atomic mass is 10.1. The van der Waals surface area contributed by atoms with Crippen LogP contribution in [0.3, 0.4) is 0 Å². The van der Waals surface area contributed by atoms with Gasteiger partial charge in [0.25, 0.3) is 0 Å². The maximum absolute atomic E-state index is 8.54. The normalized spacial score (nSPS) is 13.9. The fraction of sp³-hybridized carbons (Fsp3) is 0.600. The third-order valence-electron chi connectivity index (χ3n) is 2.76. The zero-order chi connectivity index (χ0) is 13.2. The molecule has 1 aromatic carbocycles. The van der Waals surface area contributed by atoms with Crippen LogP contribution in [0.2, 0.25) is 0 Å². The van der Waals surface area contributed by atoms with Crippen molar-refractivity contribution >= 4 is 0 Å². The smallest absolute Gasteiger partial charge is 0.0718 e. The van der Waals surface area contributed by atoms with Crippen LogP contribution in [0.15, 0.2) is 24.3 Å². The van der Waals surface area contributed by atoms with E-state index >= 15 is 0 Å². The van der Waals surface area contributed by atoms with E-state index in [0.29, 0.717) is 19.8 Å². The first-order valence-electron chi connectivity index (χ1n) is 6.70. The Bertz CT molecular complexity index is 302. The molecule has 0 amide bonds. The van der Waals surface area contributed by atoms with E-state index in [4.69, 9.17) is 14.9 Å². The van der Waals surface area contributed by atoms with E-state index in [2.05, 4.69) is 24.3 Å². The molecule has 1 saturated carbocycles. The number of rotatable bonds is 6.